The molecule has 2 aromatic heterocycles. The average Bonchev–Trinajstić information content (AvgIpc) is 3.50. The van der Waals surface area contributed by atoms with Crippen LogP contribution < -0.4 is 5.32 Å². The van der Waals surface area contributed by atoms with Crippen LogP contribution in [-0.4, -0.2) is 31.4 Å². The van der Waals surface area contributed by atoms with Crippen LogP contribution in [-0.2, 0) is 11.2 Å². The number of anilines is 1. The number of aromatic nitrogens is 4. The molecule has 2 heterocycles. The lowest BCUT2D eigenvalue weighted by Gasteiger charge is -2.13. The maximum atomic E-state index is 13.4. The number of nitrogens with one attached hydrogen (secondary N) is 2. The van der Waals surface area contributed by atoms with E-state index in [0.29, 0.717) is 28.1 Å². The third kappa shape index (κ3) is 4.70. The Morgan fingerprint density at radius 1 is 1.31 bits per heavy atom. The molecule has 2 N–H and O–H groups in total. The summed E-state index contributed by atoms with van der Waals surface area (Å²) in [7, 11) is 0. The quantitative estimate of drug-likeness (QED) is 0.507. The molecule has 0 bridgehead atoms. The van der Waals surface area contributed by atoms with E-state index < -0.39 is 0 Å². The first-order chi connectivity index (χ1) is 15.5. The van der Waals surface area contributed by atoms with Crippen LogP contribution in [0.3, 0.4) is 0 Å². The molecule has 1 fully saturated rings. The highest BCUT2D eigenvalue weighted by Crippen LogP contribution is 2.31. The number of nitrogens with zero attached hydrogens (tertiary/aromatic N) is 4. The summed E-state index contributed by atoms with van der Waals surface area (Å²) in [6.07, 6.45) is 5.93. The van der Waals surface area contributed by atoms with E-state index in [1.165, 1.54) is 49.6 Å². The lowest BCUT2D eigenvalue weighted by atomic mass is 10.0. The molecule has 1 aliphatic rings. The molecule has 0 aliphatic heterocycles. The fraction of sp³-hybridized carbons (Fsp3) is 0.391. The van der Waals surface area contributed by atoms with Crippen molar-refractivity contribution in [1.29, 1.82) is 5.26 Å². The van der Waals surface area contributed by atoms with Gasteiger partial charge in [0.05, 0.1) is 11.3 Å². The second-order valence-corrected chi connectivity index (χ2v) is 9.06. The Kier molecular flexibility index (Phi) is 6.61. The summed E-state index contributed by atoms with van der Waals surface area (Å²) in [5.74, 6) is 1.41. The molecule has 0 atom stereocenters. The van der Waals surface area contributed by atoms with Crippen molar-refractivity contribution in [2.45, 2.75) is 51.1 Å². The Labute approximate surface area is 190 Å². The van der Waals surface area contributed by atoms with E-state index in [1.54, 1.807) is 16.7 Å². The summed E-state index contributed by atoms with van der Waals surface area (Å²) in [4.78, 5) is 17.2. The van der Waals surface area contributed by atoms with E-state index in [9.17, 15) is 14.4 Å². The van der Waals surface area contributed by atoms with Gasteiger partial charge in [0.15, 0.2) is 0 Å². The first-order valence-corrected chi connectivity index (χ1v) is 11.7. The van der Waals surface area contributed by atoms with Crippen molar-refractivity contribution in [1.82, 2.24) is 19.7 Å². The minimum atomic E-state index is -0.350. The van der Waals surface area contributed by atoms with Gasteiger partial charge in [-0.1, -0.05) is 37.4 Å². The van der Waals surface area contributed by atoms with Crippen LogP contribution in [0, 0.1) is 36.9 Å². The summed E-state index contributed by atoms with van der Waals surface area (Å²) in [6.45, 7) is 3.70. The van der Waals surface area contributed by atoms with Crippen molar-refractivity contribution >= 4 is 23.5 Å². The van der Waals surface area contributed by atoms with Crippen molar-refractivity contribution in [3.8, 4) is 11.8 Å². The third-order valence-electron chi connectivity index (χ3n) is 5.97. The van der Waals surface area contributed by atoms with Gasteiger partial charge in [0.1, 0.15) is 23.5 Å². The van der Waals surface area contributed by atoms with Gasteiger partial charge in [0.25, 0.3) is 0 Å². The van der Waals surface area contributed by atoms with Gasteiger partial charge in [-0.2, -0.15) is 5.26 Å². The molecular weight excluding hydrogens is 427 g/mol. The molecule has 1 aromatic carbocycles. The maximum Gasteiger partial charge on any atom is 0.236 e. The molecule has 166 valence electrons. The van der Waals surface area contributed by atoms with Crippen LogP contribution in [0.15, 0.2) is 29.4 Å². The van der Waals surface area contributed by atoms with Crippen molar-refractivity contribution in [2.75, 3.05) is 11.1 Å². The summed E-state index contributed by atoms with van der Waals surface area (Å²) in [6, 6.07) is 8.12. The van der Waals surface area contributed by atoms with E-state index in [2.05, 4.69) is 26.6 Å². The number of rotatable bonds is 7. The van der Waals surface area contributed by atoms with Gasteiger partial charge in [-0.15, -0.1) is 5.10 Å². The van der Waals surface area contributed by atoms with Gasteiger partial charge in [0, 0.05) is 17.8 Å². The van der Waals surface area contributed by atoms with Crippen molar-refractivity contribution in [3.63, 3.8) is 0 Å². The molecule has 3 aromatic rings. The fourth-order valence-electron chi connectivity index (χ4n) is 4.19. The van der Waals surface area contributed by atoms with E-state index in [0.717, 1.165) is 23.5 Å². The number of hydrogen-bond acceptors (Lipinski definition) is 5. The summed E-state index contributed by atoms with van der Waals surface area (Å²) < 4.78 is 15.2. The van der Waals surface area contributed by atoms with Crippen molar-refractivity contribution in [2.24, 2.45) is 5.92 Å². The number of aromatic amines is 1. The second-order valence-electron chi connectivity index (χ2n) is 8.11. The molecule has 1 aliphatic carbocycles. The van der Waals surface area contributed by atoms with Gasteiger partial charge in [-0.05, 0) is 49.6 Å². The van der Waals surface area contributed by atoms with Crippen LogP contribution in [0.5, 0.6) is 0 Å². The summed E-state index contributed by atoms with van der Waals surface area (Å²) in [5.41, 5.74) is 2.64. The Bertz CT molecular complexity index is 1150. The van der Waals surface area contributed by atoms with E-state index >= 15 is 0 Å². The highest BCUT2D eigenvalue weighted by Gasteiger charge is 2.21. The standard InChI is InChI=1S/C23H25FN6OS/c1-14-15(2)30(18-9-7-17(24)8-10-18)22(19(14)12-25)27-21(31)13-32-23-26-20(28-29-23)11-16-5-3-4-6-16/h7-10,16H,3-6,11,13H2,1-2H3,(H,27,31)(H,26,28,29). The summed E-state index contributed by atoms with van der Waals surface area (Å²) in [5, 5.41) is 20.3. The largest absolute Gasteiger partial charge is 0.310 e. The van der Waals surface area contributed by atoms with Crippen LogP contribution in [0.2, 0.25) is 0 Å². The summed E-state index contributed by atoms with van der Waals surface area (Å²) >= 11 is 1.25. The van der Waals surface area contributed by atoms with Crippen molar-refractivity contribution < 1.29 is 9.18 Å². The predicted octanol–water partition coefficient (Wildman–Crippen LogP) is 4.69. The highest BCUT2D eigenvalue weighted by molar-refractivity contribution is 7.99. The number of hydrogen-bond donors (Lipinski definition) is 2. The Morgan fingerprint density at radius 3 is 2.72 bits per heavy atom. The molecule has 4 rings (SSSR count). The zero-order valence-electron chi connectivity index (χ0n) is 18.1. The van der Waals surface area contributed by atoms with Crippen LogP contribution in [0.25, 0.3) is 5.69 Å². The maximum absolute atomic E-state index is 13.4. The van der Waals surface area contributed by atoms with Gasteiger partial charge < -0.3 is 5.32 Å². The molecule has 7 nitrogen and oxygen atoms in total. The minimum Gasteiger partial charge on any atom is -0.310 e. The lowest BCUT2D eigenvalue weighted by molar-refractivity contribution is -0.113. The smallest absolute Gasteiger partial charge is 0.236 e. The highest BCUT2D eigenvalue weighted by atomic mass is 32.2. The number of H-pyrrole nitrogens is 1. The zero-order chi connectivity index (χ0) is 22.7. The normalized spacial score (nSPS) is 13.9. The van der Waals surface area contributed by atoms with Crippen LogP contribution in [0.1, 0.15) is 48.3 Å². The predicted molar refractivity (Wildman–Crippen MR) is 121 cm³/mol. The molecule has 0 saturated heterocycles. The van der Waals surface area contributed by atoms with Gasteiger partial charge in [-0.3, -0.25) is 14.5 Å². The molecule has 0 unspecified atom stereocenters. The second kappa shape index (κ2) is 9.57. The molecule has 1 amide bonds. The molecule has 0 radical (unpaired) electrons. The first kappa shape index (κ1) is 22.1. The zero-order valence-corrected chi connectivity index (χ0v) is 18.9. The minimum absolute atomic E-state index is 0.109. The van der Waals surface area contributed by atoms with E-state index in [-0.39, 0.29) is 17.5 Å². The Balaban J connectivity index is 1.46. The van der Waals surface area contributed by atoms with Crippen LogP contribution in [0.4, 0.5) is 10.2 Å². The van der Waals surface area contributed by atoms with Gasteiger partial charge in [-0.25, -0.2) is 9.37 Å². The first-order valence-electron chi connectivity index (χ1n) is 10.7. The number of carbonyl (C=O) groups excluding carboxylic acids is 1. The Morgan fingerprint density at radius 2 is 2.03 bits per heavy atom. The molecule has 0 spiro atoms. The van der Waals surface area contributed by atoms with Crippen molar-refractivity contribution in [3.05, 3.63) is 52.7 Å². The SMILES string of the molecule is Cc1c(C#N)c(NC(=O)CSc2n[nH]c(CC3CCCC3)n2)n(-c2ccc(F)cc2)c1C. The van der Waals surface area contributed by atoms with Gasteiger partial charge in [0.2, 0.25) is 11.1 Å². The van der Waals surface area contributed by atoms with Crippen LogP contribution >= 0.6 is 11.8 Å². The topological polar surface area (TPSA) is 99.4 Å². The number of benzene rings is 1. The molecular formula is C23H25FN6OS. The number of thioether (sulfide) groups is 1. The number of halogens is 1. The lowest BCUT2D eigenvalue weighted by Crippen LogP contribution is -2.17. The molecule has 32 heavy (non-hydrogen) atoms. The third-order valence-corrected chi connectivity index (χ3v) is 6.82. The Hall–Kier alpha value is -3.12. The van der Waals surface area contributed by atoms with Gasteiger partial charge >= 0.3 is 0 Å². The monoisotopic (exact) mass is 452 g/mol. The number of carbonyl (C=O) groups is 1. The van der Waals surface area contributed by atoms with E-state index in [4.69, 9.17) is 0 Å². The molecule has 1 saturated carbocycles. The van der Waals surface area contributed by atoms with E-state index in [1.807, 2.05) is 13.8 Å². The molecule has 9 heteroatoms. The fourth-order valence-corrected chi connectivity index (χ4v) is 4.81. The average molecular weight is 453 g/mol. The number of nitriles is 1. The number of amides is 1.